The minimum absolute atomic E-state index is 0.000427. The Hall–Kier alpha value is -1.81. The van der Waals surface area contributed by atoms with Crippen LogP contribution in [0, 0.1) is 5.92 Å². The van der Waals surface area contributed by atoms with E-state index >= 15 is 0 Å². The summed E-state index contributed by atoms with van der Waals surface area (Å²) in [6, 6.07) is 3.28. The third kappa shape index (κ3) is 6.69. The number of hydrogen-bond acceptors (Lipinski definition) is 5. The molecule has 0 radical (unpaired) electrons. The van der Waals surface area contributed by atoms with Crippen molar-refractivity contribution in [2.75, 3.05) is 7.11 Å². The predicted molar refractivity (Wildman–Crippen MR) is 90.4 cm³/mol. The molecule has 27 heavy (non-hydrogen) atoms. The number of nitrogens with one attached hydrogen (secondary N) is 1. The van der Waals surface area contributed by atoms with Gasteiger partial charge in [0.1, 0.15) is 5.75 Å². The van der Waals surface area contributed by atoms with Crippen LogP contribution in [0.1, 0.15) is 38.5 Å². The first-order valence-corrected chi connectivity index (χ1v) is 10.0. The molecule has 1 atom stereocenters. The average molecular weight is 409 g/mol. The Morgan fingerprint density at radius 2 is 1.78 bits per heavy atom. The van der Waals surface area contributed by atoms with E-state index in [1.165, 1.54) is 7.11 Å². The van der Waals surface area contributed by atoms with Gasteiger partial charge in [0.25, 0.3) is 0 Å². The molecule has 0 aromatic heterocycles. The molecule has 0 spiro atoms. The summed E-state index contributed by atoms with van der Waals surface area (Å²) in [5.74, 6) is -1.04. The summed E-state index contributed by atoms with van der Waals surface area (Å²) in [6.07, 6.45) is -0.401. The molecule has 1 fully saturated rings. The molecule has 0 bridgehead atoms. The number of carbonyl (C=O) groups is 1. The van der Waals surface area contributed by atoms with E-state index in [1.54, 1.807) is 0 Å². The molecule has 1 N–H and O–H groups in total. The van der Waals surface area contributed by atoms with Crippen molar-refractivity contribution in [2.24, 2.45) is 5.92 Å². The van der Waals surface area contributed by atoms with Crippen LogP contribution in [0.5, 0.6) is 5.75 Å². The Kier molecular flexibility index (Phi) is 7.10. The van der Waals surface area contributed by atoms with E-state index in [9.17, 15) is 26.4 Å². The van der Waals surface area contributed by atoms with Gasteiger partial charge in [-0.3, -0.25) is 4.79 Å². The summed E-state index contributed by atoms with van der Waals surface area (Å²) >= 11 is 0. The van der Waals surface area contributed by atoms with Gasteiger partial charge < -0.3 is 9.47 Å². The topological polar surface area (TPSA) is 81.7 Å². The molecule has 0 amide bonds. The van der Waals surface area contributed by atoms with Crippen LogP contribution in [0.15, 0.2) is 29.2 Å². The first kappa shape index (κ1) is 21.5. The summed E-state index contributed by atoms with van der Waals surface area (Å²) in [5, 5.41) is 0. The summed E-state index contributed by atoms with van der Waals surface area (Å²) in [4.78, 5) is 11.5. The molecular formula is C17H22F3NO5S. The summed E-state index contributed by atoms with van der Waals surface area (Å²) in [6.45, 7) is 0. The van der Waals surface area contributed by atoms with Crippen LogP contribution in [0.2, 0.25) is 0 Å². The number of carbonyl (C=O) groups excluding carboxylic acids is 1. The van der Waals surface area contributed by atoms with Crippen molar-refractivity contribution in [3.8, 4) is 5.75 Å². The molecule has 1 aromatic carbocycles. The minimum Gasteiger partial charge on any atom is -0.469 e. The highest BCUT2D eigenvalue weighted by Gasteiger charge is 2.32. The molecule has 6 nitrogen and oxygen atoms in total. The van der Waals surface area contributed by atoms with Gasteiger partial charge in [-0.05, 0) is 43.0 Å². The summed E-state index contributed by atoms with van der Waals surface area (Å²) < 4.78 is 72.8. The molecule has 1 saturated carbocycles. The molecule has 0 heterocycles. The van der Waals surface area contributed by atoms with E-state index in [-0.39, 0.29) is 17.2 Å². The highest BCUT2D eigenvalue weighted by molar-refractivity contribution is 7.89. The second kappa shape index (κ2) is 8.92. The van der Waals surface area contributed by atoms with Crippen LogP contribution in [0.3, 0.4) is 0 Å². The van der Waals surface area contributed by atoms with Crippen LogP contribution < -0.4 is 9.46 Å². The lowest BCUT2D eigenvalue weighted by Crippen LogP contribution is -2.42. The van der Waals surface area contributed by atoms with Gasteiger partial charge in [0.2, 0.25) is 10.0 Å². The second-order valence-electron chi connectivity index (χ2n) is 6.43. The third-order valence-electron chi connectivity index (χ3n) is 4.51. The summed E-state index contributed by atoms with van der Waals surface area (Å²) in [5.41, 5.74) is 0. The van der Waals surface area contributed by atoms with Crippen LogP contribution in [0.25, 0.3) is 0 Å². The lowest BCUT2D eigenvalue weighted by molar-refractivity contribution is -0.274. The van der Waals surface area contributed by atoms with Crippen molar-refractivity contribution in [3.05, 3.63) is 24.3 Å². The number of halogens is 3. The van der Waals surface area contributed by atoms with Crippen LogP contribution in [-0.4, -0.2) is 33.9 Å². The lowest BCUT2D eigenvalue weighted by Gasteiger charge is -2.30. The van der Waals surface area contributed by atoms with Crippen molar-refractivity contribution < 1.29 is 35.9 Å². The smallest absolute Gasteiger partial charge is 0.469 e. The normalized spacial score (nSPS) is 17.3. The molecule has 1 aliphatic carbocycles. The number of methoxy groups -OCH3 is 1. The van der Waals surface area contributed by atoms with Crippen molar-refractivity contribution in [3.63, 3.8) is 0 Å². The van der Waals surface area contributed by atoms with Gasteiger partial charge in [0.05, 0.1) is 18.4 Å². The van der Waals surface area contributed by atoms with Gasteiger partial charge >= 0.3 is 12.3 Å². The Labute approximate surface area is 156 Å². The van der Waals surface area contributed by atoms with Crippen LogP contribution in [-0.2, 0) is 19.6 Å². The largest absolute Gasteiger partial charge is 0.573 e. The molecule has 0 unspecified atom stereocenters. The fourth-order valence-corrected chi connectivity index (χ4v) is 4.50. The minimum atomic E-state index is -4.86. The van der Waals surface area contributed by atoms with E-state index in [1.807, 2.05) is 0 Å². The Bertz CT molecular complexity index is 728. The molecule has 152 valence electrons. The Morgan fingerprint density at radius 3 is 2.30 bits per heavy atom. The maximum absolute atomic E-state index is 12.6. The molecule has 10 heteroatoms. The van der Waals surface area contributed by atoms with Gasteiger partial charge in [0.15, 0.2) is 0 Å². The fourth-order valence-electron chi connectivity index (χ4n) is 3.19. The molecular weight excluding hydrogens is 387 g/mol. The Balaban J connectivity index is 2.15. The SMILES string of the molecule is COC(=O)C[C@H](NS(=O)(=O)c1ccc(OC(F)(F)F)cc1)C1CCCCC1. The monoisotopic (exact) mass is 409 g/mol. The van der Waals surface area contributed by atoms with Crippen molar-refractivity contribution >= 4 is 16.0 Å². The van der Waals surface area contributed by atoms with Crippen LogP contribution >= 0.6 is 0 Å². The van der Waals surface area contributed by atoms with E-state index in [4.69, 9.17) is 0 Å². The van der Waals surface area contributed by atoms with Gasteiger partial charge in [-0.1, -0.05) is 19.3 Å². The fraction of sp³-hybridized carbons (Fsp3) is 0.588. The van der Waals surface area contributed by atoms with Gasteiger partial charge in [-0.2, -0.15) is 0 Å². The number of alkyl halides is 3. The van der Waals surface area contributed by atoms with E-state index in [0.717, 1.165) is 56.4 Å². The highest BCUT2D eigenvalue weighted by atomic mass is 32.2. The zero-order valence-electron chi connectivity index (χ0n) is 14.8. The standard InChI is InChI=1S/C17H22F3NO5S/c1-25-16(22)11-15(12-5-3-2-4-6-12)21-27(23,24)14-9-7-13(8-10-14)26-17(18,19)20/h7-10,12,15,21H,2-6,11H2,1H3/t15-/m0/s1. The zero-order valence-corrected chi connectivity index (χ0v) is 15.6. The lowest BCUT2D eigenvalue weighted by atomic mass is 9.83. The Morgan fingerprint density at radius 1 is 1.19 bits per heavy atom. The molecule has 1 aromatic rings. The van der Waals surface area contributed by atoms with Gasteiger partial charge in [0, 0.05) is 6.04 Å². The van der Waals surface area contributed by atoms with Crippen molar-refractivity contribution in [1.82, 2.24) is 4.72 Å². The van der Waals surface area contributed by atoms with Crippen LogP contribution in [0.4, 0.5) is 13.2 Å². The number of esters is 1. The first-order chi connectivity index (χ1) is 12.6. The zero-order chi connectivity index (χ0) is 20.1. The molecule has 0 aliphatic heterocycles. The second-order valence-corrected chi connectivity index (χ2v) is 8.14. The highest BCUT2D eigenvalue weighted by Crippen LogP contribution is 2.29. The number of rotatable bonds is 7. The number of ether oxygens (including phenoxy) is 2. The van der Waals surface area contributed by atoms with Gasteiger partial charge in [-0.15, -0.1) is 13.2 Å². The van der Waals surface area contributed by atoms with Gasteiger partial charge in [-0.25, -0.2) is 13.1 Å². The van der Waals surface area contributed by atoms with Crippen molar-refractivity contribution in [2.45, 2.75) is 55.8 Å². The number of hydrogen-bond donors (Lipinski definition) is 1. The van der Waals surface area contributed by atoms with Crippen molar-refractivity contribution in [1.29, 1.82) is 0 Å². The number of benzene rings is 1. The first-order valence-electron chi connectivity index (χ1n) is 8.55. The van der Waals surface area contributed by atoms with E-state index < -0.39 is 34.1 Å². The predicted octanol–water partition coefficient (Wildman–Crippen LogP) is 3.38. The summed E-state index contributed by atoms with van der Waals surface area (Å²) in [7, 11) is -2.79. The molecule has 0 saturated heterocycles. The maximum atomic E-state index is 12.6. The number of sulfonamides is 1. The average Bonchev–Trinajstić information content (AvgIpc) is 2.60. The molecule has 1 aliphatic rings. The maximum Gasteiger partial charge on any atom is 0.573 e. The quantitative estimate of drug-likeness (QED) is 0.699. The molecule has 2 rings (SSSR count). The third-order valence-corrected chi connectivity index (χ3v) is 6.01. The van der Waals surface area contributed by atoms with E-state index in [2.05, 4.69) is 14.2 Å². The van der Waals surface area contributed by atoms with E-state index in [0.29, 0.717) is 0 Å².